The topological polar surface area (TPSA) is 101 Å². The highest BCUT2D eigenvalue weighted by Gasteiger charge is 2.28. The minimum absolute atomic E-state index is 0.140. The molecule has 2 aromatic heterocycles. The highest BCUT2D eigenvalue weighted by Crippen LogP contribution is 2.38. The molecule has 0 fully saturated rings. The van der Waals surface area contributed by atoms with Gasteiger partial charge in [0.2, 0.25) is 0 Å². The van der Waals surface area contributed by atoms with Crippen molar-refractivity contribution >= 4 is 39.8 Å². The predicted octanol–water partition coefficient (Wildman–Crippen LogP) is 4.46. The normalized spacial score (nSPS) is 12.8. The minimum atomic E-state index is -0.624. The Morgan fingerprint density at radius 3 is 2.68 bits per heavy atom. The molecule has 0 radical (unpaired) electrons. The maximum absolute atomic E-state index is 12.8. The van der Waals surface area contributed by atoms with E-state index < -0.39 is 17.4 Å². The first-order valence-corrected chi connectivity index (χ1v) is 11.2. The minimum Gasteiger partial charge on any atom is -0.462 e. The van der Waals surface area contributed by atoms with E-state index in [4.69, 9.17) is 16.3 Å². The number of carbonyl (C=O) groups is 2. The van der Waals surface area contributed by atoms with Crippen LogP contribution in [0.4, 0.5) is 5.00 Å². The van der Waals surface area contributed by atoms with E-state index in [0.717, 1.165) is 36.1 Å². The third-order valence-electron chi connectivity index (χ3n) is 5.04. The van der Waals surface area contributed by atoms with E-state index in [1.807, 2.05) is 0 Å². The molecule has 7 nitrogen and oxygen atoms in total. The van der Waals surface area contributed by atoms with Crippen LogP contribution in [0.25, 0.3) is 11.4 Å². The molecule has 4 rings (SSSR count). The number of halogens is 1. The molecule has 2 heterocycles. The lowest BCUT2D eigenvalue weighted by molar-refractivity contribution is 0.0526. The molecule has 1 amide bonds. The van der Waals surface area contributed by atoms with Crippen LogP contribution in [0.1, 0.15) is 50.9 Å². The van der Waals surface area contributed by atoms with Gasteiger partial charge in [0.05, 0.1) is 12.2 Å². The van der Waals surface area contributed by atoms with Crippen molar-refractivity contribution in [1.29, 1.82) is 0 Å². The fourth-order valence-electron chi connectivity index (χ4n) is 3.55. The zero-order chi connectivity index (χ0) is 22.0. The Labute approximate surface area is 187 Å². The van der Waals surface area contributed by atoms with Crippen LogP contribution in [0.5, 0.6) is 0 Å². The van der Waals surface area contributed by atoms with Crippen molar-refractivity contribution in [3.8, 4) is 11.4 Å². The number of aryl methyl sites for hydroxylation is 1. The molecule has 0 aliphatic heterocycles. The third kappa shape index (κ3) is 4.40. The molecular formula is C22H20ClN3O4S. The number of amides is 1. The monoisotopic (exact) mass is 457 g/mol. The Bertz CT molecular complexity index is 1200. The van der Waals surface area contributed by atoms with Gasteiger partial charge in [-0.3, -0.25) is 9.59 Å². The van der Waals surface area contributed by atoms with E-state index in [0.29, 0.717) is 27.0 Å². The first kappa shape index (κ1) is 21.3. The zero-order valence-corrected chi connectivity index (χ0v) is 18.4. The van der Waals surface area contributed by atoms with Crippen molar-refractivity contribution in [3.63, 3.8) is 0 Å². The molecule has 3 aromatic rings. The summed E-state index contributed by atoms with van der Waals surface area (Å²) in [6, 6.07) is 6.82. The number of H-pyrrole nitrogens is 1. The Morgan fingerprint density at radius 2 is 1.97 bits per heavy atom. The molecule has 0 unspecified atom stereocenters. The standard InChI is InChI=1S/C22H20ClN3O4S/c1-2-30-22(29)17-14-5-3-4-6-16(14)31-21(17)26-20(28)15-11-24-18(25-19(15)27)12-7-9-13(23)10-8-12/h7-11H,2-6H2,1H3,(H,26,28)(H,24,25,27). The van der Waals surface area contributed by atoms with E-state index in [1.165, 1.54) is 17.5 Å². The molecule has 160 valence electrons. The molecule has 0 spiro atoms. The van der Waals surface area contributed by atoms with Crippen LogP contribution in [0, 0.1) is 0 Å². The Hall–Kier alpha value is -2.97. The van der Waals surface area contributed by atoms with Crippen LogP contribution in [-0.2, 0) is 17.6 Å². The first-order valence-electron chi connectivity index (χ1n) is 9.96. The van der Waals surface area contributed by atoms with E-state index in [2.05, 4.69) is 15.3 Å². The largest absolute Gasteiger partial charge is 0.462 e. The number of nitrogens with zero attached hydrogens (tertiary/aromatic N) is 1. The average Bonchev–Trinajstić information content (AvgIpc) is 3.12. The van der Waals surface area contributed by atoms with Crippen molar-refractivity contribution in [2.75, 3.05) is 11.9 Å². The number of hydrogen-bond acceptors (Lipinski definition) is 6. The summed E-state index contributed by atoms with van der Waals surface area (Å²) >= 11 is 7.26. The number of thiophene rings is 1. The maximum Gasteiger partial charge on any atom is 0.341 e. The first-order chi connectivity index (χ1) is 15.0. The number of aromatic amines is 1. The van der Waals surface area contributed by atoms with Gasteiger partial charge in [-0.2, -0.15) is 0 Å². The summed E-state index contributed by atoms with van der Waals surface area (Å²) in [7, 11) is 0. The summed E-state index contributed by atoms with van der Waals surface area (Å²) in [4.78, 5) is 45.9. The number of carbonyl (C=O) groups excluding carboxylic acids is 2. The molecule has 31 heavy (non-hydrogen) atoms. The molecule has 1 aliphatic rings. The number of rotatable bonds is 5. The van der Waals surface area contributed by atoms with Crippen molar-refractivity contribution < 1.29 is 14.3 Å². The Kier molecular flexibility index (Phi) is 6.20. The quantitative estimate of drug-likeness (QED) is 0.551. The van der Waals surface area contributed by atoms with Crippen molar-refractivity contribution in [1.82, 2.24) is 9.97 Å². The Morgan fingerprint density at radius 1 is 1.23 bits per heavy atom. The number of fused-ring (bicyclic) bond motifs is 1. The summed E-state index contributed by atoms with van der Waals surface area (Å²) in [6.45, 7) is 1.98. The van der Waals surface area contributed by atoms with Crippen LogP contribution >= 0.6 is 22.9 Å². The van der Waals surface area contributed by atoms with Gasteiger partial charge in [-0.15, -0.1) is 11.3 Å². The van der Waals surface area contributed by atoms with Gasteiger partial charge < -0.3 is 15.0 Å². The Balaban J connectivity index is 1.63. The lowest BCUT2D eigenvalue weighted by atomic mass is 9.95. The molecule has 1 aromatic carbocycles. The molecular weight excluding hydrogens is 438 g/mol. The fraction of sp³-hybridized carbons (Fsp3) is 0.273. The number of benzene rings is 1. The van der Waals surface area contributed by atoms with Crippen LogP contribution < -0.4 is 10.9 Å². The van der Waals surface area contributed by atoms with Crippen LogP contribution in [-0.4, -0.2) is 28.5 Å². The van der Waals surface area contributed by atoms with Gasteiger partial charge in [-0.05, 0) is 62.4 Å². The average molecular weight is 458 g/mol. The lowest BCUT2D eigenvalue weighted by Crippen LogP contribution is -2.24. The van der Waals surface area contributed by atoms with Gasteiger partial charge in [-0.1, -0.05) is 11.6 Å². The van der Waals surface area contributed by atoms with Crippen molar-refractivity contribution in [3.05, 3.63) is 67.4 Å². The van der Waals surface area contributed by atoms with Crippen LogP contribution in [0.2, 0.25) is 5.02 Å². The number of esters is 1. The van der Waals surface area contributed by atoms with E-state index in [1.54, 1.807) is 31.2 Å². The molecule has 9 heteroatoms. The summed E-state index contributed by atoms with van der Waals surface area (Å²) in [5.74, 6) is -0.750. The molecule has 0 saturated carbocycles. The summed E-state index contributed by atoms with van der Waals surface area (Å²) in [5, 5.41) is 3.71. The summed E-state index contributed by atoms with van der Waals surface area (Å²) in [6.07, 6.45) is 4.89. The fourth-order valence-corrected chi connectivity index (χ4v) is 4.95. The molecule has 0 saturated heterocycles. The van der Waals surface area contributed by atoms with Crippen LogP contribution in [0.15, 0.2) is 35.3 Å². The zero-order valence-electron chi connectivity index (χ0n) is 16.8. The number of ether oxygens (including phenoxy) is 1. The smallest absolute Gasteiger partial charge is 0.341 e. The van der Waals surface area contributed by atoms with Gasteiger partial charge >= 0.3 is 5.97 Å². The molecule has 1 aliphatic carbocycles. The van der Waals surface area contributed by atoms with E-state index >= 15 is 0 Å². The van der Waals surface area contributed by atoms with Gasteiger partial charge in [0.25, 0.3) is 11.5 Å². The summed E-state index contributed by atoms with van der Waals surface area (Å²) in [5.41, 5.74) is 1.30. The number of anilines is 1. The highest BCUT2D eigenvalue weighted by atomic mass is 35.5. The highest BCUT2D eigenvalue weighted by molar-refractivity contribution is 7.17. The van der Waals surface area contributed by atoms with Crippen molar-refractivity contribution in [2.24, 2.45) is 0 Å². The second-order valence-corrected chi connectivity index (χ2v) is 8.61. The SMILES string of the molecule is CCOC(=O)c1c(NC(=O)c2cnc(-c3ccc(Cl)cc3)[nH]c2=O)sc2c1CCCC2. The second kappa shape index (κ2) is 9.03. The van der Waals surface area contributed by atoms with Gasteiger partial charge in [0, 0.05) is 21.7 Å². The van der Waals surface area contributed by atoms with Crippen LogP contribution in [0.3, 0.4) is 0 Å². The lowest BCUT2D eigenvalue weighted by Gasteiger charge is -2.12. The van der Waals surface area contributed by atoms with Gasteiger partial charge in [-0.25, -0.2) is 9.78 Å². The van der Waals surface area contributed by atoms with E-state index in [9.17, 15) is 14.4 Å². The van der Waals surface area contributed by atoms with Gasteiger partial charge in [0.1, 0.15) is 16.4 Å². The van der Waals surface area contributed by atoms with E-state index in [-0.39, 0.29) is 12.2 Å². The molecule has 2 N–H and O–H groups in total. The van der Waals surface area contributed by atoms with Gasteiger partial charge in [0.15, 0.2) is 0 Å². The molecule has 0 bridgehead atoms. The number of nitrogens with one attached hydrogen (secondary N) is 2. The second-order valence-electron chi connectivity index (χ2n) is 7.07. The molecule has 0 atom stereocenters. The summed E-state index contributed by atoms with van der Waals surface area (Å²) < 4.78 is 5.20. The van der Waals surface area contributed by atoms with Crippen molar-refractivity contribution in [2.45, 2.75) is 32.6 Å². The third-order valence-corrected chi connectivity index (χ3v) is 6.50. The number of hydrogen-bond donors (Lipinski definition) is 2. The maximum atomic E-state index is 12.8. The number of aromatic nitrogens is 2. The predicted molar refractivity (Wildman–Crippen MR) is 120 cm³/mol.